The number of carboxylic acids is 1. The van der Waals surface area contributed by atoms with Gasteiger partial charge >= 0.3 is 5.97 Å². The van der Waals surface area contributed by atoms with Crippen LogP contribution in [-0.2, 0) is 6.54 Å². The molecule has 2 aromatic rings. The van der Waals surface area contributed by atoms with Crippen LogP contribution < -0.4 is 0 Å². The van der Waals surface area contributed by atoms with E-state index < -0.39 is 5.97 Å². The molecule has 0 bridgehead atoms. The van der Waals surface area contributed by atoms with E-state index in [-0.39, 0.29) is 0 Å². The van der Waals surface area contributed by atoms with Crippen molar-refractivity contribution in [3.63, 3.8) is 0 Å². The van der Waals surface area contributed by atoms with Gasteiger partial charge in [0, 0.05) is 25.3 Å². The van der Waals surface area contributed by atoms with E-state index in [4.69, 9.17) is 5.11 Å². The van der Waals surface area contributed by atoms with Gasteiger partial charge in [-0.15, -0.1) is 0 Å². The molecule has 0 amide bonds. The molecule has 1 unspecified atom stereocenters. The number of nitrogens with zero attached hydrogens (tertiary/aromatic N) is 3. The summed E-state index contributed by atoms with van der Waals surface area (Å²) >= 11 is 0. The summed E-state index contributed by atoms with van der Waals surface area (Å²) in [5.41, 5.74) is 2.85. The third-order valence-corrected chi connectivity index (χ3v) is 4.82. The first-order chi connectivity index (χ1) is 11.5. The monoisotopic (exact) mass is 327 g/mol. The second-order valence-electron chi connectivity index (χ2n) is 6.89. The Bertz CT molecular complexity index is 691. The highest BCUT2D eigenvalue weighted by atomic mass is 16.4. The van der Waals surface area contributed by atoms with Gasteiger partial charge < -0.3 is 9.67 Å². The predicted molar refractivity (Wildman–Crippen MR) is 93.3 cm³/mol. The Hall–Kier alpha value is -2.14. The number of aromatic nitrogens is 2. The van der Waals surface area contributed by atoms with E-state index in [1.807, 2.05) is 24.7 Å². The topological polar surface area (TPSA) is 58.4 Å². The molecule has 1 aromatic carbocycles. The highest BCUT2D eigenvalue weighted by Gasteiger charge is 2.22. The normalized spacial score (nSPS) is 18.9. The number of likely N-dealkylation sites (tertiary alicyclic amines) is 1. The van der Waals surface area contributed by atoms with Crippen LogP contribution in [0.4, 0.5) is 0 Å². The third-order valence-electron chi connectivity index (χ3n) is 4.82. The maximum Gasteiger partial charge on any atom is 0.335 e. The summed E-state index contributed by atoms with van der Waals surface area (Å²) in [5, 5.41) is 9.03. The van der Waals surface area contributed by atoms with Crippen LogP contribution in [0.5, 0.6) is 0 Å². The maximum atomic E-state index is 11.0. The van der Waals surface area contributed by atoms with Crippen LogP contribution in [0, 0.1) is 0 Å². The van der Waals surface area contributed by atoms with Gasteiger partial charge in [-0.25, -0.2) is 9.78 Å². The molecule has 1 fully saturated rings. The maximum absolute atomic E-state index is 11.0. The summed E-state index contributed by atoms with van der Waals surface area (Å²) < 4.78 is 2.23. The van der Waals surface area contributed by atoms with Crippen molar-refractivity contribution in [1.82, 2.24) is 14.5 Å². The summed E-state index contributed by atoms with van der Waals surface area (Å²) in [7, 11) is 0. The average molecular weight is 327 g/mol. The first kappa shape index (κ1) is 16.7. The van der Waals surface area contributed by atoms with E-state index in [9.17, 15) is 4.79 Å². The van der Waals surface area contributed by atoms with Crippen LogP contribution in [0.1, 0.15) is 60.3 Å². The average Bonchev–Trinajstić information content (AvgIpc) is 3.03. The zero-order valence-electron chi connectivity index (χ0n) is 14.4. The fourth-order valence-corrected chi connectivity index (χ4v) is 3.52. The number of piperidine rings is 1. The smallest absolute Gasteiger partial charge is 0.335 e. The number of carbonyl (C=O) groups is 1. The van der Waals surface area contributed by atoms with Crippen molar-refractivity contribution in [3.05, 3.63) is 53.6 Å². The van der Waals surface area contributed by atoms with Gasteiger partial charge in [0.15, 0.2) is 0 Å². The molecule has 1 N–H and O–H groups in total. The molecule has 1 saturated heterocycles. The number of hydrogen-bond donors (Lipinski definition) is 1. The molecule has 0 saturated carbocycles. The van der Waals surface area contributed by atoms with Crippen molar-refractivity contribution in [2.45, 2.75) is 45.2 Å². The Kier molecular flexibility index (Phi) is 5.00. The lowest BCUT2D eigenvalue weighted by atomic mass is 9.90. The molecule has 0 radical (unpaired) electrons. The first-order valence-corrected chi connectivity index (χ1v) is 8.61. The summed E-state index contributed by atoms with van der Waals surface area (Å²) in [5.74, 6) is -0.397. The number of carboxylic acid groups (broad SMARTS) is 1. The van der Waals surface area contributed by atoms with E-state index in [0.29, 0.717) is 17.5 Å². The Morgan fingerprint density at radius 1 is 1.33 bits per heavy atom. The molecule has 0 spiro atoms. The molecule has 24 heavy (non-hydrogen) atoms. The lowest BCUT2D eigenvalue weighted by Gasteiger charge is -2.33. The molecule has 5 heteroatoms. The molecule has 1 aliphatic rings. The molecular formula is C19H25N3O2. The molecule has 2 heterocycles. The second kappa shape index (κ2) is 7.18. The largest absolute Gasteiger partial charge is 0.478 e. The van der Waals surface area contributed by atoms with Crippen LogP contribution in [0.15, 0.2) is 36.8 Å². The Morgan fingerprint density at radius 3 is 2.75 bits per heavy atom. The minimum Gasteiger partial charge on any atom is -0.478 e. The number of rotatable bonds is 5. The van der Waals surface area contributed by atoms with Crippen LogP contribution in [0.3, 0.4) is 0 Å². The van der Waals surface area contributed by atoms with E-state index in [0.717, 1.165) is 26.1 Å². The molecule has 1 aliphatic heterocycles. The highest BCUT2D eigenvalue weighted by molar-refractivity contribution is 5.87. The lowest BCUT2D eigenvalue weighted by Crippen LogP contribution is -2.34. The van der Waals surface area contributed by atoms with Crippen molar-refractivity contribution in [3.8, 4) is 0 Å². The molecule has 3 rings (SSSR count). The van der Waals surface area contributed by atoms with Crippen molar-refractivity contribution in [2.24, 2.45) is 0 Å². The van der Waals surface area contributed by atoms with Crippen LogP contribution in [0.25, 0.3) is 0 Å². The van der Waals surface area contributed by atoms with Gasteiger partial charge in [-0.05, 0) is 56.8 Å². The molecule has 1 aromatic heterocycles. The van der Waals surface area contributed by atoms with Gasteiger partial charge in [0.05, 0.1) is 17.6 Å². The van der Waals surface area contributed by atoms with Crippen LogP contribution in [0.2, 0.25) is 0 Å². The van der Waals surface area contributed by atoms with Gasteiger partial charge in [0.1, 0.15) is 0 Å². The number of imidazole rings is 1. The highest BCUT2D eigenvalue weighted by Crippen LogP contribution is 2.28. The minimum atomic E-state index is -0.867. The van der Waals surface area contributed by atoms with Gasteiger partial charge in [-0.2, -0.15) is 0 Å². The third kappa shape index (κ3) is 3.67. The Balaban J connectivity index is 1.68. The quantitative estimate of drug-likeness (QED) is 0.912. The molecular weight excluding hydrogens is 302 g/mol. The number of benzene rings is 1. The number of aromatic carboxylic acids is 1. The zero-order valence-corrected chi connectivity index (χ0v) is 14.4. The van der Waals surface area contributed by atoms with Gasteiger partial charge in [0.25, 0.3) is 0 Å². The summed E-state index contributed by atoms with van der Waals surface area (Å²) in [6, 6.07) is 7.78. The van der Waals surface area contributed by atoms with Gasteiger partial charge in [-0.3, -0.25) is 4.90 Å². The number of hydrogen-bond acceptors (Lipinski definition) is 3. The van der Waals surface area contributed by atoms with E-state index in [1.54, 1.807) is 12.1 Å². The molecule has 128 valence electrons. The summed E-state index contributed by atoms with van der Waals surface area (Å²) in [6.45, 7) is 7.38. The van der Waals surface area contributed by atoms with Crippen molar-refractivity contribution < 1.29 is 9.90 Å². The fraction of sp³-hybridized carbons (Fsp3) is 0.474. The Labute approximate surface area is 142 Å². The predicted octanol–water partition coefficient (Wildman–Crippen LogP) is 3.54. The van der Waals surface area contributed by atoms with Gasteiger partial charge in [-0.1, -0.05) is 12.1 Å². The fourth-order valence-electron chi connectivity index (χ4n) is 3.52. The van der Waals surface area contributed by atoms with Crippen molar-refractivity contribution in [1.29, 1.82) is 0 Å². The van der Waals surface area contributed by atoms with Crippen LogP contribution in [-0.4, -0.2) is 38.6 Å². The van der Waals surface area contributed by atoms with E-state index in [2.05, 4.69) is 28.3 Å². The standard InChI is InChI=1S/C19H25N3O2/c1-14(2)22-13-20-10-18(22)12-21-9-3-4-17(11-21)15-5-7-16(8-6-15)19(23)24/h5-8,10,13-14,17H,3-4,9,11-12H2,1-2H3,(H,23,24). The molecule has 1 atom stereocenters. The van der Waals surface area contributed by atoms with Crippen molar-refractivity contribution >= 4 is 5.97 Å². The first-order valence-electron chi connectivity index (χ1n) is 8.61. The summed E-state index contributed by atoms with van der Waals surface area (Å²) in [4.78, 5) is 17.8. The second-order valence-corrected chi connectivity index (χ2v) is 6.89. The summed E-state index contributed by atoms with van der Waals surface area (Å²) in [6.07, 6.45) is 6.20. The minimum absolute atomic E-state index is 0.354. The SMILES string of the molecule is CC(C)n1cncc1CN1CCCC(c2ccc(C(=O)O)cc2)C1. The van der Waals surface area contributed by atoms with Crippen molar-refractivity contribution in [2.75, 3.05) is 13.1 Å². The van der Waals surface area contributed by atoms with E-state index >= 15 is 0 Å². The zero-order chi connectivity index (χ0) is 17.1. The Morgan fingerprint density at radius 2 is 2.08 bits per heavy atom. The lowest BCUT2D eigenvalue weighted by molar-refractivity contribution is 0.0697. The molecule has 0 aliphatic carbocycles. The van der Waals surface area contributed by atoms with Gasteiger partial charge in [0.2, 0.25) is 0 Å². The van der Waals surface area contributed by atoms with Crippen LogP contribution >= 0.6 is 0 Å². The molecule has 5 nitrogen and oxygen atoms in total. The van der Waals surface area contributed by atoms with E-state index in [1.165, 1.54) is 17.7 Å².